The van der Waals surface area contributed by atoms with Gasteiger partial charge in [-0.15, -0.1) is 0 Å². The van der Waals surface area contributed by atoms with Crippen LogP contribution in [0.5, 0.6) is 0 Å². The molecule has 0 spiro atoms. The molecule has 1 aromatic rings. The molecule has 1 rings (SSSR count). The van der Waals surface area contributed by atoms with Gasteiger partial charge in [-0.2, -0.15) is 11.3 Å². The van der Waals surface area contributed by atoms with Crippen molar-refractivity contribution in [3.8, 4) is 0 Å². The fourth-order valence-corrected chi connectivity index (χ4v) is 1.71. The van der Waals surface area contributed by atoms with Gasteiger partial charge in [0.2, 0.25) is 5.91 Å². The number of halogens is 1. The van der Waals surface area contributed by atoms with Gasteiger partial charge in [0, 0.05) is 6.54 Å². The average molecular weight is 262 g/mol. The summed E-state index contributed by atoms with van der Waals surface area (Å²) in [7, 11) is 0. The van der Waals surface area contributed by atoms with Gasteiger partial charge in [0.15, 0.2) is 0 Å². The predicted molar refractivity (Wildman–Crippen MR) is 59.2 cm³/mol. The summed E-state index contributed by atoms with van der Waals surface area (Å²) in [4.78, 5) is 11.3. The zero-order chi connectivity index (χ0) is 9.68. The fraction of sp³-hybridized carbons (Fsp3) is 0.444. The molecule has 0 aromatic carbocycles. The van der Waals surface area contributed by atoms with E-state index in [1.54, 1.807) is 11.3 Å². The van der Waals surface area contributed by atoms with Crippen LogP contribution in [-0.2, 0) is 11.3 Å². The molecule has 0 bridgehead atoms. The van der Waals surface area contributed by atoms with Gasteiger partial charge in [-0.1, -0.05) is 22.9 Å². The fourth-order valence-electron chi connectivity index (χ4n) is 0.879. The number of rotatable bonds is 4. The third-order valence-electron chi connectivity index (χ3n) is 1.69. The topological polar surface area (TPSA) is 29.1 Å². The Hall–Kier alpha value is -0.350. The second-order valence-corrected chi connectivity index (χ2v) is 4.61. The van der Waals surface area contributed by atoms with Crippen molar-refractivity contribution in [3.05, 3.63) is 22.4 Å². The molecule has 72 valence electrons. The Balaban J connectivity index is 2.31. The zero-order valence-electron chi connectivity index (χ0n) is 7.42. The van der Waals surface area contributed by atoms with Crippen molar-refractivity contribution in [2.24, 2.45) is 0 Å². The molecule has 1 aromatic heterocycles. The molecule has 0 aliphatic rings. The van der Waals surface area contributed by atoms with E-state index in [1.165, 1.54) is 0 Å². The van der Waals surface area contributed by atoms with Gasteiger partial charge in [-0.05, 0) is 28.8 Å². The maximum atomic E-state index is 11.3. The first kappa shape index (κ1) is 10.7. The van der Waals surface area contributed by atoms with E-state index in [0.29, 0.717) is 6.54 Å². The van der Waals surface area contributed by atoms with Crippen LogP contribution in [-0.4, -0.2) is 10.7 Å². The molecule has 1 unspecified atom stereocenters. The van der Waals surface area contributed by atoms with Crippen LogP contribution in [0.1, 0.15) is 18.9 Å². The van der Waals surface area contributed by atoms with Gasteiger partial charge in [-0.3, -0.25) is 4.79 Å². The lowest BCUT2D eigenvalue weighted by molar-refractivity contribution is -0.120. The number of carbonyl (C=O) groups excluding carboxylic acids is 1. The lowest BCUT2D eigenvalue weighted by Gasteiger charge is -2.07. The summed E-state index contributed by atoms with van der Waals surface area (Å²) in [5.74, 6) is 0.0636. The average Bonchev–Trinajstić information content (AvgIpc) is 2.65. The first-order valence-corrected chi connectivity index (χ1v) is 6.02. The number of thiophene rings is 1. The quantitative estimate of drug-likeness (QED) is 0.830. The zero-order valence-corrected chi connectivity index (χ0v) is 9.82. The number of alkyl halides is 1. The molecule has 0 aliphatic carbocycles. The highest BCUT2D eigenvalue weighted by Crippen LogP contribution is 2.07. The molecule has 0 radical (unpaired) electrons. The number of hydrogen-bond donors (Lipinski definition) is 1. The highest BCUT2D eigenvalue weighted by molar-refractivity contribution is 9.10. The molecule has 0 saturated heterocycles. The summed E-state index contributed by atoms with van der Waals surface area (Å²) in [5, 5.41) is 6.90. The van der Waals surface area contributed by atoms with Crippen LogP contribution in [0, 0.1) is 0 Å². The Bertz CT molecular complexity index is 261. The molecule has 1 atom stereocenters. The minimum Gasteiger partial charge on any atom is -0.351 e. The SMILES string of the molecule is CCC(Br)C(=O)NCc1ccsc1. The third-order valence-corrected chi connectivity index (χ3v) is 3.49. The molecule has 1 N–H and O–H groups in total. The number of hydrogen-bond acceptors (Lipinski definition) is 2. The minimum atomic E-state index is -0.0638. The largest absolute Gasteiger partial charge is 0.351 e. The monoisotopic (exact) mass is 261 g/mol. The number of carbonyl (C=O) groups is 1. The summed E-state index contributed by atoms with van der Waals surface area (Å²) in [6.07, 6.45) is 0.815. The van der Waals surface area contributed by atoms with Crippen LogP contribution in [0.15, 0.2) is 16.8 Å². The highest BCUT2D eigenvalue weighted by Gasteiger charge is 2.10. The Labute approximate surface area is 90.5 Å². The van der Waals surface area contributed by atoms with E-state index in [0.717, 1.165) is 12.0 Å². The molecule has 2 nitrogen and oxygen atoms in total. The lowest BCUT2D eigenvalue weighted by Crippen LogP contribution is -2.29. The summed E-state index contributed by atoms with van der Waals surface area (Å²) >= 11 is 4.94. The summed E-state index contributed by atoms with van der Waals surface area (Å²) in [6.45, 7) is 2.61. The van der Waals surface area contributed by atoms with Gasteiger partial charge >= 0.3 is 0 Å². The Morgan fingerprint density at radius 3 is 3.08 bits per heavy atom. The van der Waals surface area contributed by atoms with Crippen molar-refractivity contribution < 1.29 is 4.79 Å². The van der Waals surface area contributed by atoms with E-state index >= 15 is 0 Å². The van der Waals surface area contributed by atoms with E-state index in [9.17, 15) is 4.79 Å². The second kappa shape index (κ2) is 5.40. The van der Waals surface area contributed by atoms with Crippen LogP contribution in [0.3, 0.4) is 0 Å². The van der Waals surface area contributed by atoms with Crippen LogP contribution >= 0.6 is 27.3 Å². The van der Waals surface area contributed by atoms with Crippen molar-refractivity contribution in [2.45, 2.75) is 24.7 Å². The van der Waals surface area contributed by atoms with Crippen LogP contribution < -0.4 is 5.32 Å². The summed E-state index contributed by atoms with van der Waals surface area (Å²) < 4.78 is 0. The summed E-state index contributed by atoms with van der Waals surface area (Å²) in [6, 6.07) is 2.01. The lowest BCUT2D eigenvalue weighted by atomic mass is 10.3. The van der Waals surface area contributed by atoms with Gasteiger partial charge in [0.05, 0.1) is 4.83 Å². The predicted octanol–water partition coefficient (Wildman–Crippen LogP) is 2.54. The second-order valence-electron chi connectivity index (χ2n) is 2.73. The first-order chi connectivity index (χ1) is 6.24. The first-order valence-electron chi connectivity index (χ1n) is 4.17. The van der Waals surface area contributed by atoms with Crippen molar-refractivity contribution in [1.29, 1.82) is 0 Å². The molecule has 4 heteroatoms. The van der Waals surface area contributed by atoms with Crippen LogP contribution in [0.4, 0.5) is 0 Å². The van der Waals surface area contributed by atoms with Gasteiger partial charge < -0.3 is 5.32 Å². The van der Waals surface area contributed by atoms with Gasteiger partial charge in [0.1, 0.15) is 0 Å². The maximum absolute atomic E-state index is 11.3. The van der Waals surface area contributed by atoms with Crippen LogP contribution in [0.2, 0.25) is 0 Å². The van der Waals surface area contributed by atoms with Gasteiger partial charge in [0.25, 0.3) is 0 Å². The van der Waals surface area contributed by atoms with Crippen molar-refractivity contribution in [3.63, 3.8) is 0 Å². The van der Waals surface area contributed by atoms with Crippen molar-refractivity contribution >= 4 is 33.2 Å². The highest BCUT2D eigenvalue weighted by atomic mass is 79.9. The molecular formula is C9H12BrNOS. The molecule has 1 amide bonds. The molecule has 0 fully saturated rings. The summed E-state index contributed by atoms with van der Waals surface area (Å²) in [5.41, 5.74) is 1.16. The van der Waals surface area contributed by atoms with Gasteiger partial charge in [-0.25, -0.2) is 0 Å². The smallest absolute Gasteiger partial charge is 0.234 e. The van der Waals surface area contributed by atoms with E-state index in [1.807, 2.05) is 23.8 Å². The molecule has 0 aliphatic heterocycles. The molecule has 1 heterocycles. The number of amides is 1. The van der Waals surface area contributed by atoms with Crippen molar-refractivity contribution in [2.75, 3.05) is 0 Å². The minimum absolute atomic E-state index is 0.0636. The van der Waals surface area contributed by atoms with E-state index < -0.39 is 0 Å². The van der Waals surface area contributed by atoms with E-state index in [2.05, 4.69) is 21.2 Å². The molecule has 13 heavy (non-hydrogen) atoms. The molecule has 0 saturated carbocycles. The number of nitrogens with one attached hydrogen (secondary N) is 1. The Morgan fingerprint density at radius 2 is 2.54 bits per heavy atom. The normalized spacial score (nSPS) is 12.5. The van der Waals surface area contributed by atoms with Crippen molar-refractivity contribution in [1.82, 2.24) is 5.32 Å². The Morgan fingerprint density at radius 1 is 1.77 bits per heavy atom. The molecular weight excluding hydrogens is 250 g/mol. The van der Waals surface area contributed by atoms with E-state index in [-0.39, 0.29) is 10.7 Å². The Kier molecular flexibility index (Phi) is 4.45. The standard InChI is InChI=1S/C9H12BrNOS/c1-2-8(10)9(12)11-5-7-3-4-13-6-7/h3-4,6,8H,2,5H2,1H3,(H,11,12). The van der Waals surface area contributed by atoms with Crippen LogP contribution in [0.25, 0.3) is 0 Å². The maximum Gasteiger partial charge on any atom is 0.234 e. The third kappa shape index (κ3) is 3.48. The van der Waals surface area contributed by atoms with E-state index in [4.69, 9.17) is 0 Å².